The van der Waals surface area contributed by atoms with Gasteiger partial charge in [0.05, 0.1) is 13.2 Å². The Labute approximate surface area is 208 Å². The van der Waals surface area contributed by atoms with Crippen LogP contribution in [0.15, 0.2) is 36.4 Å². The highest BCUT2D eigenvalue weighted by atomic mass is 35.5. The summed E-state index contributed by atoms with van der Waals surface area (Å²) in [6, 6.07) is 12.2. The standard InChI is InChI=1S/C27H37ClN2O4/c1-21-16-25(17-22(2)26(21)28)34-20-27(31)8-3-9-30(19-27)18-23-4-6-24(7-5-23)33-15-12-29-10-13-32-14-11-29/h4-7,16-17,31H,3,8-15,18-20H2,1-2H3/t27-/m1/s1. The number of benzene rings is 2. The monoisotopic (exact) mass is 488 g/mol. The number of hydrogen-bond donors (Lipinski definition) is 1. The van der Waals surface area contributed by atoms with Crippen molar-refractivity contribution >= 4 is 11.6 Å². The Hall–Kier alpha value is -1.83. The summed E-state index contributed by atoms with van der Waals surface area (Å²) in [6.45, 7) is 11.8. The maximum absolute atomic E-state index is 11.2. The van der Waals surface area contributed by atoms with Crippen LogP contribution in [0.25, 0.3) is 0 Å². The number of nitrogens with zero attached hydrogens (tertiary/aromatic N) is 2. The van der Waals surface area contributed by atoms with Gasteiger partial charge >= 0.3 is 0 Å². The molecule has 6 nitrogen and oxygen atoms in total. The molecular formula is C27H37ClN2O4. The van der Waals surface area contributed by atoms with Crippen LogP contribution in [0.4, 0.5) is 0 Å². The molecule has 0 amide bonds. The van der Waals surface area contributed by atoms with Gasteiger partial charge in [-0.2, -0.15) is 0 Å². The lowest BCUT2D eigenvalue weighted by atomic mass is 9.93. The largest absolute Gasteiger partial charge is 0.492 e. The predicted octanol–water partition coefficient (Wildman–Crippen LogP) is 4.07. The molecule has 2 fully saturated rings. The van der Waals surface area contributed by atoms with Crippen LogP contribution in [0.5, 0.6) is 11.5 Å². The Morgan fingerprint density at radius 2 is 1.68 bits per heavy atom. The van der Waals surface area contributed by atoms with Gasteiger partial charge in [-0.1, -0.05) is 23.7 Å². The van der Waals surface area contributed by atoms with E-state index in [0.717, 1.165) is 86.4 Å². The highest BCUT2D eigenvalue weighted by Crippen LogP contribution is 2.28. The molecule has 0 unspecified atom stereocenters. The predicted molar refractivity (Wildman–Crippen MR) is 135 cm³/mol. The topological polar surface area (TPSA) is 54.4 Å². The first kappa shape index (κ1) is 25.3. The fraction of sp³-hybridized carbons (Fsp3) is 0.556. The van der Waals surface area contributed by atoms with Crippen LogP contribution in [-0.2, 0) is 11.3 Å². The van der Waals surface area contributed by atoms with Crippen LogP contribution in [0, 0.1) is 13.8 Å². The Bertz CT molecular complexity index is 910. The van der Waals surface area contributed by atoms with E-state index in [1.54, 1.807) is 0 Å². The second-order valence-electron chi connectivity index (χ2n) is 9.64. The van der Waals surface area contributed by atoms with Crippen LogP contribution in [0.2, 0.25) is 5.02 Å². The van der Waals surface area contributed by atoms with Crippen molar-refractivity contribution in [3.8, 4) is 11.5 Å². The van der Waals surface area contributed by atoms with Crippen LogP contribution in [0.3, 0.4) is 0 Å². The number of aliphatic hydroxyl groups is 1. The molecule has 2 saturated heterocycles. The minimum absolute atomic E-state index is 0.278. The van der Waals surface area contributed by atoms with Crippen molar-refractivity contribution in [1.82, 2.24) is 9.80 Å². The van der Waals surface area contributed by atoms with Crippen molar-refractivity contribution in [2.24, 2.45) is 0 Å². The lowest BCUT2D eigenvalue weighted by Gasteiger charge is -2.39. The molecule has 186 valence electrons. The lowest BCUT2D eigenvalue weighted by molar-refractivity contribution is -0.0621. The number of ether oxygens (including phenoxy) is 3. The highest BCUT2D eigenvalue weighted by molar-refractivity contribution is 6.32. The summed E-state index contributed by atoms with van der Waals surface area (Å²) in [6.07, 6.45) is 1.69. The number of likely N-dealkylation sites (tertiary alicyclic amines) is 1. The fourth-order valence-corrected chi connectivity index (χ4v) is 4.84. The molecule has 4 rings (SSSR count). The number of rotatable bonds is 9. The van der Waals surface area contributed by atoms with E-state index in [-0.39, 0.29) is 6.61 Å². The summed E-state index contributed by atoms with van der Waals surface area (Å²) < 4.78 is 17.3. The van der Waals surface area contributed by atoms with E-state index in [2.05, 4.69) is 21.9 Å². The van der Waals surface area contributed by atoms with E-state index in [1.807, 2.05) is 38.1 Å². The molecule has 34 heavy (non-hydrogen) atoms. The third kappa shape index (κ3) is 7.09. The molecule has 7 heteroatoms. The number of β-amino-alcohol motifs (C(OH)–C–C–N with tert-alkyl or cyclic N) is 1. The van der Waals surface area contributed by atoms with Gasteiger partial charge < -0.3 is 19.3 Å². The summed E-state index contributed by atoms with van der Waals surface area (Å²) in [5.74, 6) is 1.66. The highest BCUT2D eigenvalue weighted by Gasteiger charge is 2.34. The first-order valence-corrected chi connectivity index (χ1v) is 12.6. The van der Waals surface area contributed by atoms with Gasteiger partial charge in [-0.05, 0) is 74.2 Å². The summed E-state index contributed by atoms with van der Waals surface area (Å²) in [5.41, 5.74) is 2.34. The normalized spacial score (nSPS) is 22.0. The minimum atomic E-state index is -0.859. The van der Waals surface area contributed by atoms with Gasteiger partial charge in [0.1, 0.15) is 30.3 Å². The Morgan fingerprint density at radius 3 is 2.38 bits per heavy atom. The van der Waals surface area contributed by atoms with Crippen molar-refractivity contribution in [3.63, 3.8) is 0 Å². The molecule has 0 spiro atoms. The molecule has 0 saturated carbocycles. The zero-order chi connectivity index (χ0) is 24.0. The maximum atomic E-state index is 11.2. The molecule has 2 aliphatic rings. The van der Waals surface area contributed by atoms with Gasteiger partial charge in [-0.25, -0.2) is 0 Å². The van der Waals surface area contributed by atoms with Crippen molar-refractivity contribution in [2.75, 3.05) is 59.2 Å². The van der Waals surface area contributed by atoms with E-state index in [4.69, 9.17) is 25.8 Å². The van der Waals surface area contributed by atoms with E-state index in [1.165, 1.54) is 5.56 Å². The molecule has 0 bridgehead atoms. The SMILES string of the molecule is Cc1cc(OC[C@@]2(O)CCCN(Cc3ccc(OCCN4CCOCC4)cc3)C2)cc(C)c1Cl. The van der Waals surface area contributed by atoms with Crippen LogP contribution < -0.4 is 9.47 Å². The summed E-state index contributed by atoms with van der Waals surface area (Å²) in [5, 5.41) is 12.0. The van der Waals surface area contributed by atoms with Gasteiger partial charge in [0.15, 0.2) is 0 Å². The molecule has 0 radical (unpaired) electrons. The van der Waals surface area contributed by atoms with E-state index >= 15 is 0 Å². The van der Waals surface area contributed by atoms with Crippen molar-refractivity contribution in [3.05, 3.63) is 58.1 Å². The smallest absolute Gasteiger partial charge is 0.120 e. The summed E-state index contributed by atoms with van der Waals surface area (Å²) in [4.78, 5) is 4.67. The number of piperidine rings is 1. The summed E-state index contributed by atoms with van der Waals surface area (Å²) in [7, 11) is 0. The first-order valence-electron chi connectivity index (χ1n) is 12.3. The van der Waals surface area contributed by atoms with Crippen LogP contribution >= 0.6 is 11.6 Å². The molecule has 2 heterocycles. The number of morpholine rings is 1. The van der Waals surface area contributed by atoms with Crippen molar-refractivity contribution in [1.29, 1.82) is 0 Å². The van der Waals surface area contributed by atoms with Crippen molar-refractivity contribution < 1.29 is 19.3 Å². The van der Waals surface area contributed by atoms with E-state index in [0.29, 0.717) is 13.2 Å². The van der Waals surface area contributed by atoms with Crippen molar-refractivity contribution in [2.45, 2.75) is 38.8 Å². The van der Waals surface area contributed by atoms with Gasteiger partial charge in [0, 0.05) is 37.7 Å². The third-order valence-electron chi connectivity index (χ3n) is 6.66. The van der Waals surface area contributed by atoms with Gasteiger partial charge in [0.25, 0.3) is 0 Å². The quantitative estimate of drug-likeness (QED) is 0.574. The number of hydrogen-bond acceptors (Lipinski definition) is 6. The molecule has 0 aliphatic carbocycles. The zero-order valence-electron chi connectivity index (χ0n) is 20.4. The number of aryl methyl sites for hydroxylation is 2. The molecule has 0 aromatic heterocycles. The second kappa shape index (κ2) is 11.7. The average molecular weight is 489 g/mol. The fourth-order valence-electron chi connectivity index (χ4n) is 4.73. The average Bonchev–Trinajstić information content (AvgIpc) is 2.83. The molecule has 1 atom stereocenters. The zero-order valence-corrected chi connectivity index (χ0v) is 21.1. The Morgan fingerprint density at radius 1 is 0.971 bits per heavy atom. The minimum Gasteiger partial charge on any atom is -0.492 e. The summed E-state index contributed by atoms with van der Waals surface area (Å²) >= 11 is 6.26. The third-order valence-corrected chi connectivity index (χ3v) is 7.26. The van der Waals surface area contributed by atoms with E-state index in [9.17, 15) is 5.11 Å². The van der Waals surface area contributed by atoms with Gasteiger partial charge in [0.2, 0.25) is 0 Å². The molecule has 1 N–H and O–H groups in total. The Kier molecular flexibility index (Phi) is 8.72. The first-order chi connectivity index (χ1) is 16.4. The molecule has 2 aliphatic heterocycles. The lowest BCUT2D eigenvalue weighted by Crippen LogP contribution is -2.51. The molecule has 2 aromatic carbocycles. The van der Waals surface area contributed by atoms with Crippen LogP contribution in [0.1, 0.15) is 29.5 Å². The van der Waals surface area contributed by atoms with Gasteiger partial charge in [-0.3, -0.25) is 9.80 Å². The molecule has 2 aromatic rings. The van der Waals surface area contributed by atoms with E-state index < -0.39 is 5.60 Å². The molecular weight excluding hydrogens is 452 g/mol. The Balaban J connectivity index is 1.24. The van der Waals surface area contributed by atoms with Gasteiger partial charge in [-0.15, -0.1) is 0 Å². The number of halogens is 1. The second-order valence-corrected chi connectivity index (χ2v) is 10.0. The van der Waals surface area contributed by atoms with Crippen LogP contribution in [-0.4, -0.2) is 79.7 Å². The maximum Gasteiger partial charge on any atom is 0.120 e.